The van der Waals surface area contributed by atoms with Crippen LogP contribution < -0.4 is 15.4 Å². The van der Waals surface area contributed by atoms with Crippen molar-refractivity contribution < 1.29 is 14.3 Å². The Morgan fingerprint density at radius 2 is 1.52 bits per heavy atom. The molecule has 0 radical (unpaired) electrons. The summed E-state index contributed by atoms with van der Waals surface area (Å²) >= 11 is 0. The van der Waals surface area contributed by atoms with Crippen LogP contribution in [-0.4, -0.2) is 54.4 Å². The second-order valence-electron chi connectivity index (χ2n) is 11.5. The number of likely N-dealkylation sites (tertiary alicyclic amines) is 1. The fourth-order valence-corrected chi connectivity index (χ4v) is 5.90. The van der Waals surface area contributed by atoms with Gasteiger partial charge in [-0.3, -0.25) is 19.4 Å². The molecule has 3 aromatic carbocycles. The minimum absolute atomic E-state index is 0.000100. The number of hydrogen-bond donors (Lipinski definition) is 2. The first-order valence-corrected chi connectivity index (χ1v) is 15.5. The molecule has 0 saturated carbocycles. The second kappa shape index (κ2) is 15.5. The summed E-state index contributed by atoms with van der Waals surface area (Å²) in [4.78, 5) is 31.3. The third kappa shape index (κ3) is 8.66. The summed E-state index contributed by atoms with van der Waals surface area (Å²) in [6.07, 6.45) is 6.61. The van der Waals surface area contributed by atoms with Gasteiger partial charge in [-0.15, -0.1) is 0 Å². The van der Waals surface area contributed by atoms with Crippen LogP contribution in [0.3, 0.4) is 0 Å². The lowest BCUT2D eigenvalue weighted by atomic mass is 10.0. The lowest BCUT2D eigenvalue weighted by Crippen LogP contribution is -2.37. The van der Waals surface area contributed by atoms with Crippen molar-refractivity contribution in [2.24, 2.45) is 0 Å². The highest BCUT2D eigenvalue weighted by atomic mass is 16.5. The predicted molar refractivity (Wildman–Crippen MR) is 166 cm³/mol. The molecule has 3 aromatic rings. The molecule has 1 fully saturated rings. The maximum atomic E-state index is 13.8. The van der Waals surface area contributed by atoms with Crippen LogP contribution in [0.25, 0.3) is 0 Å². The van der Waals surface area contributed by atoms with E-state index in [0.29, 0.717) is 44.1 Å². The molecule has 2 amide bonds. The first kappa shape index (κ1) is 29.8. The zero-order valence-electron chi connectivity index (χ0n) is 24.7. The standard InChI is InChI=1S/C35H44N4O3/c40-34-27-39(24-28-13-4-1-5-14-28)26-32-31(17-12-18-33(32)42-22-11-2-8-19-36-34)35(41)37-23-29-15-6-7-16-30(29)25-38-20-9-3-10-21-38/h1,4-7,12-18H,2-3,8-11,19-27H2,(H,36,40)(H,37,41). The van der Waals surface area contributed by atoms with Gasteiger partial charge in [0.15, 0.2) is 0 Å². The minimum Gasteiger partial charge on any atom is -0.493 e. The van der Waals surface area contributed by atoms with Crippen LogP contribution in [0.15, 0.2) is 72.8 Å². The molecule has 0 aromatic heterocycles. The normalized spacial score (nSPS) is 17.5. The molecule has 0 atom stereocenters. The maximum Gasteiger partial charge on any atom is 0.252 e. The summed E-state index contributed by atoms with van der Waals surface area (Å²) < 4.78 is 6.27. The number of fused-ring (bicyclic) bond motifs is 1. The van der Waals surface area contributed by atoms with Gasteiger partial charge in [-0.05, 0) is 74.0 Å². The highest BCUT2D eigenvalue weighted by Crippen LogP contribution is 2.26. The molecular weight excluding hydrogens is 524 g/mol. The van der Waals surface area contributed by atoms with E-state index >= 15 is 0 Å². The number of amides is 2. The molecule has 2 aliphatic heterocycles. The molecule has 5 rings (SSSR count). The molecule has 1 saturated heterocycles. The Kier molecular flexibility index (Phi) is 11.0. The van der Waals surface area contributed by atoms with E-state index < -0.39 is 0 Å². The number of nitrogens with one attached hydrogen (secondary N) is 2. The van der Waals surface area contributed by atoms with Crippen molar-refractivity contribution in [3.8, 4) is 5.75 Å². The number of ether oxygens (including phenoxy) is 1. The summed E-state index contributed by atoms with van der Waals surface area (Å²) in [5.41, 5.74) is 4.94. The third-order valence-corrected chi connectivity index (χ3v) is 8.18. The number of rotatable bonds is 7. The Hall–Kier alpha value is -3.68. The van der Waals surface area contributed by atoms with Crippen molar-refractivity contribution in [2.45, 2.75) is 64.7 Å². The summed E-state index contributed by atoms with van der Waals surface area (Å²) in [7, 11) is 0. The smallest absolute Gasteiger partial charge is 0.252 e. The van der Waals surface area contributed by atoms with Crippen LogP contribution in [0.5, 0.6) is 5.75 Å². The van der Waals surface area contributed by atoms with Crippen molar-refractivity contribution in [1.29, 1.82) is 0 Å². The second-order valence-corrected chi connectivity index (χ2v) is 11.5. The Balaban J connectivity index is 1.36. The fourth-order valence-electron chi connectivity index (χ4n) is 5.90. The molecule has 0 aliphatic carbocycles. The van der Waals surface area contributed by atoms with Crippen LogP contribution in [0.2, 0.25) is 0 Å². The summed E-state index contributed by atoms with van der Waals surface area (Å²) in [6.45, 7) is 6.14. The third-order valence-electron chi connectivity index (χ3n) is 8.18. The van der Waals surface area contributed by atoms with Gasteiger partial charge in [-0.2, -0.15) is 0 Å². The lowest BCUT2D eigenvalue weighted by Gasteiger charge is -2.27. The van der Waals surface area contributed by atoms with Gasteiger partial charge in [-0.1, -0.05) is 67.1 Å². The average Bonchev–Trinajstić information content (AvgIpc) is 3.02. The Bertz CT molecular complexity index is 1310. The van der Waals surface area contributed by atoms with Gasteiger partial charge in [0.25, 0.3) is 5.91 Å². The predicted octanol–water partition coefficient (Wildman–Crippen LogP) is 5.28. The number of hydrogen-bond acceptors (Lipinski definition) is 5. The van der Waals surface area contributed by atoms with E-state index in [1.54, 1.807) is 0 Å². The molecular formula is C35H44N4O3. The first-order chi connectivity index (χ1) is 20.7. The molecule has 2 heterocycles. The molecule has 42 heavy (non-hydrogen) atoms. The fraction of sp³-hybridized carbons (Fsp3) is 0.429. The van der Waals surface area contributed by atoms with Crippen LogP contribution in [0.1, 0.15) is 71.1 Å². The summed E-state index contributed by atoms with van der Waals surface area (Å²) in [5, 5.41) is 6.27. The number of benzene rings is 3. The highest BCUT2D eigenvalue weighted by molar-refractivity contribution is 5.96. The van der Waals surface area contributed by atoms with Crippen molar-refractivity contribution in [1.82, 2.24) is 20.4 Å². The van der Waals surface area contributed by atoms with Crippen LogP contribution in [0.4, 0.5) is 0 Å². The van der Waals surface area contributed by atoms with Crippen molar-refractivity contribution in [3.05, 3.63) is 101 Å². The maximum absolute atomic E-state index is 13.8. The molecule has 0 bridgehead atoms. The van der Waals surface area contributed by atoms with Gasteiger partial charge in [-0.25, -0.2) is 0 Å². The van der Waals surface area contributed by atoms with E-state index in [0.717, 1.165) is 55.6 Å². The van der Waals surface area contributed by atoms with Gasteiger partial charge in [0.1, 0.15) is 5.75 Å². The SMILES string of the molecule is O=C1CN(Cc2ccccc2)Cc2c(cccc2C(=O)NCc2ccccc2CN2CCCCC2)OCCCCCN1. The highest BCUT2D eigenvalue weighted by Gasteiger charge is 2.21. The zero-order valence-corrected chi connectivity index (χ0v) is 24.7. The molecule has 2 aliphatic rings. The molecule has 0 unspecified atom stereocenters. The van der Waals surface area contributed by atoms with Gasteiger partial charge >= 0.3 is 0 Å². The lowest BCUT2D eigenvalue weighted by molar-refractivity contribution is -0.122. The Morgan fingerprint density at radius 3 is 2.36 bits per heavy atom. The molecule has 0 spiro atoms. The van der Waals surface area contributed by atoms with E-state index in [1.165, 1.54) is 24.8 Å². The van der Waals surface area contributed by atoms with Crippen LogP contribution in [0, 0.1) is 0 Å². The van der Waals surface area contributed by atoms with E-state index in [2.05, 4.69) is 50.8 Å². The number of carbonyl (C=O) groups excluding carboxylic acids is 2. The topological polar surface area (TPSA) is 73.9 Å². The van der Waals surface area contributed by atoms with Gasteiger partial charge < -0.3 is 15.4 Å². The quantitative estimate of drug-likeness (QED) is 0.406. The molecule has 222 valence electrons. The van der Waals surface area contributed by atoms with E-state index in [4.69, 9.17) is 4.74 Å². The van der Waals surface area contributed by atoms with Gasteiger partial charge in [0.05, 0.1) is 13.2 Å². The summed E-state index contributed by atoms with van der Waals surface area (Å²) in [6, 6.07) is 24.3. The van der Waals surface area contributed by atoms with Crippen molar-refractivity contribution >= 4 is 11.8 Å². The van der Waals surface area contributed by atoms with E-state index in [1.807, 2.05) is 42.5 Å². The zero-order chi connectivity index (χ0) is 29.0. The van der Waals surface area contributed by atoms with Gasteiger partial charge in [0, 0.05) is 43.9 Å². The van der Waals surface area contributed by atoms with Gasteiger partial charge in [0.2, 0.25) is 5.91 Å². The summed E-state index contributed by atoms with van der Waals surface area (Å²) in [5.74, 6) is 0.586. The minimum atomic E-state index is -0.128. The Morgan fingerprint density at radius 1 is 0.762 bits per heavy atom. The van der Waals surface area contributed by atoms with Crippen molar-refractivity contribution in [2.75, 3.05) is 32.8 Å². The number of carbonyl (C=O) groups is 2. The number of piperidine rings is 1. The monoisotopic (exact) mass is 568 g/mol. The molecule has 7 heteroatoms. The first-order valence-electron chi connectivity index (χ1n) is 15.5. The number of nitrogens with zero attached hydrogens (tertiary/aromatic N) is 2. The van der Waals surface area contributed by atoms with Crippen LogP contribution in [-0.2, 0) is 31.0 Å². The largest absolute Gasteiger partial charge is 0.493 e. The van der Waals surface area contributed by atoms with Crippen LogP contribution >= 0.6 is 0 Å². The van der Waals surface area contributed by atoms with E-state index in [-0.39, 0.29) is 18.4 Å². The van der Waals surface area contributed by atoms with Crippen molar-refractivity contribution in [3.63, 3.8) is 0 Å². The average molecular weight is 569 g/mol. The molecule has 7 nitrogen and oxygen atoms in total. The molecule has 2 N–H and O–H groups in total. The Labute approximate surface area is 250 Å². The van der Waals surface area contributed by atoms with E-state index in [9.17, 15) is 9.59 Å².